The minimum Gasteiger partial charge on any atom is -0.376 e. The van der Waals surface area contributed by atoms with E-state index in [4.69, 9.17) is 9.88 Å². The van der Waals surface area contributed by atoms with Gasteiger partial charge in [-0.15, -0.1) is 0 Å². The molecule has 0 aliphatic carbocycles. The zero-order valence-electron chi connectivity index (χ0n) is 4.93. The summed E-state index contributed by atoms with van der Waals surface area (Å²) in [6, 6.07) is 0. The van der Waals surface area contributed by atoms with Crippen LogP contribution in [0.3, 0.4) is 0 Å². The van der Waals surface area contributed by atoms with Gasteiger partial charge in [-0.3, -0.25) is 0 Å². The van der Waals surface area contributed by atoms with E-state index in [1.807, 2.05) is 0 Å². The van der Waals surface area contributed by atoms with Gasteiger partial charge in [0.05, 0.1) is 24.3 Å². The Morgan fingerprint density at radius 2 is 2.12 bits per heavy atom. The summed E-state index contributed by atoms with van der Waals surface area (Å²) in [5.74, 6) is 2.24. The molecule has 48 valence electrons. The molecule has 1 aliphatic rings. The summed E-state index contributed by atoms with van der Waals surface area (Å²) in [6.07, 6.45) is 1.15. The molecule has 2 N–H and O–H groups in total. The fraction of sp³-hybridized carbons (Fsp3) is 1.00. The van der Waals surface area contributed by atoms with E-state index in [0.717, 1.165) is 25.4 Å². The first-order valence-electron chi connectivity index (χ1n) is 2.89. The van der Waals surface area contributed by atoms with Gasteiger partial charge in [-0.25, -0.2) is 0 Å². The Morgan fingerprint density at radius 3 is 3.00 bits per heavy atom. The largest absolute Gasteiger partial charge is 0.376 e. The molecule has 0 aromatic carbocycles. The van der Waals surface area contributed by atoms with E-state index in [-0.39, 0.29) is 11.1 Å². The zero-order chi connectivity index (χ0) is 5.82. The van der Waals surface area contributed by atoms with E-state index >= 15 is 0 Å². The molecular formula is C5H12NOS+. The maximum atomic E-state index is 5.68. The second-order valence-corrected chi connectivity index (χ2v) is 3.80. The standard InChI is InChI=1S/C5H12NOS/c6-8-4-1-2-7-3-5-8/h1-6H2/q+1. The van der Waals surface area contributed by atoms with E-state index < -0.39 is 0 Å². The lowest BCUT2D eigenvalue weighted by Crippen LogP contribution is -2.21. The van der Waals surface area contributed by atoms with E-state index in [0.29, 0.717) is 0 Å². The Morgan fingerprint density at radius 1 is 1.25 bits per heavy atom. The van der Waals surface area contributed by atoms with Crippen LogP contribution in [0.15, 0.2) is 0 Å². The average Bonchev–Trinajstić information content (AvgIpc) is 1.94. The van der Waals surface area contributed by atoms with Crippen LogP contribution in [0.2, 0.25) is 0 Å². The summed E-state index contributed by atoms with van der Waals surface area (Å²) in [5, 5.41) is 5.68. The van der Waals surface area contributed by atoms with Crippen molar-refractivity contribution in [2.75, 3.05) is 24.7 Å². The van der Waals surface area contributed by atoms with E-state index in [1.165, 1.54) is 5.75 Å². The highest BCUT2D eigenvalue weighted by Gasteiger charge is 2.14. The molecule has 1 aliphatic heterocycles. The lowest BCUT2D eigenvalue weighted by molar-refractivity contribution is 0.154. The first kappa shape index (κ1) is 6.39. The quantitative estimate of drug-likeness (QED) is 0.469. The van der Waals surface area contributed by atoms with Crippen LogP contribution in [-0.4, -0.2) is 24.7 Å². The van der Waals surface area contributed by atoms with Gasteiger partial charge in [0.2, 0.25) is 0 Å². The summed E-state index contributed by atoms with van der Waals surface area (Å²) >= 11 is 0.167. The third-order valence-corrected chi connectivity index (χ3v) is 2.69. The minimum atomic E-state index is 0.167. The second kappa shape index (κ2) is 3.33. The van der Waals surface area contributed by atoms with Crippen LogP contribution in [0.4, 0.5) is 0 Å². The SMILES string of the molecule is N[S+]1CCCOCC1. The predicted molar refractivity (Wildman–Crippen MR) is 36.7 cm³/mol. The van der Waals surface area contributed by atoms with Gasteiger partial charge in [-0.05, 0) is 0 Å². The maximum Gasteiger partial charge on any atom is 0.150 e. The van der Waals surface area contributed by atoms with Crippen molar-refractivity contribution in [3.8, 4) is 0 Å². The van der Waals surface area contributed by atoms with Crippen LogP contribution < -0.4 is 5.14 Å². The first-order chi connectivity index (χ1) is 3.89. The highest BCUT2D eigenvalue weighted by Crippen LogP contribution is 1.97. The molecule has 1 unspecified atom stereocenters. The Labute approximate surface area is 52.9 Å². The molecule has 2 nitrogen and oxygen atoms in total. The van der Waals surface area contributed by atoms with Crippen LogP contribution >= 0.6 is 0 Å². The van der Waals surface area contributed by atoms with E-state index in [1.54, 1.807) is 0 Å². The van der Waals surface area contributed by atoms with Crippen LogP contribution in [0.5, 0.6) is 0 Å². The first-order valence-corrected chi connectivity index (χ1v) is 4.52. The van der Waals surface area contributed by atoms with Crippen molar-refractivity contribution < 1.29 is 4.74 Å². The van der Waals surface area contributed by atoms with Crippen molar-refractivity contribution >= 4 is 11.1 Å². The molecule has 8 heavy (non-hydrogen) atoms. The van der Waals surface area contributed by atoms with Crippen molar-refractivity contribution in [3.63, 3.8) is 0 Å². The minimum absolute atomic E-state index is 0.167. The number of hydrogen-bond donors (Lipinski definition) is 1. The van der Waals surface area contributed by atoms with Crippen molar-refractivity contribution in [2.24, 2.45) is 5.14 Å². The topological polar surface area (TPSA) is 35.2 Å². The molecule has 1 fully saturated rings. The lowest BCUT2D eigenvalue weighted by atomic mass is 10.5. The molecule has 0 spiro atoms. The summed E-state index contributed by atoms with van der Waals surface area (Å²) in [6.45, 7) is 1.79. The maximum absolute atomic E-state index is 5.68. The predicted octanol–water partition coefficient (Wildman–Crippen LogP) is -0.101. The molecule has 3 heteroatoms. The molecule has 0 aromatic heterocycles. The Hall–Kier alpha value is 0.270. The number of nitrogens with two attached hydrogens (primary N) is 1. The van der Waals surface area contributed by atoms with Crippen molar-refractivity contribution in [1.29, 1.82) is 0 Å². The molecule has 1 heterocycles. The Bertz CT molecular complexity index is 61.4. The third kappa shape index (κ3) is 2.03. The van der Waals surface area contributed by atoms with Crippen LogP contribution in [0, 0.1) is 0 Å². The van der Waals surface area contributed by atoms with Gasteiger partial charge in [0.15, 0.2) is 5.75 Å². The van der Waals surface area contributed by atoms with Crippen molar-refractivity contribution in [3.05, 3.63) is 0 Å². The highest BCUT2D eigenvalue weighted by atomic mass is 32.2. The summed E-state index contributed by atoms with van der Waals surface area (Å²) in [5.41, 5.74) is 0. The summed E-state index contributed by atoms with van der Waals surface area (Å²) in [7, 11) is 0. The van der Waals surface area contributed by atoms with Gasteiger partial charge in [0.25, 0.3) is 0 Å². The van der Waals surface area contributed by atoms with E-state index in [9.17, 15) is 0 Å². The second-order valence-electron chi connectivity index (χ2n) is 1.91. The molecule has 1 atom stereocenters. The van der Waals surface area contributed by atoms with Crippen molar-refractivity contribution in [2.45, 2.75) is 6.42 Å². The van der Waals surface area contributed by atoms with Gasteiger partial charge >= 0.3 is 0 Å². The molecule has 1 saturated heterocycles. The molecule has 0 aromatic rings. The summed E-state index contributed by atoms with van der Waals surface area (Å²) < 4.78 is 5.19. The molecule has 0 saturated carbocycles. The van der Waals surface area contributed by atoms with Gasteiger partial charge in [0, 0.05) is 6.42 Å². The Balaban J connectivity index is 2.17. The van der Waals surface area contributed by atoms with Crippen molar-refractivity contribution in [1.82, 2.24) is 0 Å². The molecular weight excluding hydrogens is 122 g/mol. The average molecular weight is 134 g/mol. The molecule has 1 rings (SSSR count). The Kier molecular flexibility index (Phi) is 2.66. The third-order valence-electron chi connectivity index (χ3n) is 1.19. The molecule has 0 radical (unpaired) electrons. The molecule has 0 amide bonds. The number of hydrogen-bond acceptors (Lipinski definition) is 2. The highest BCUT2D eigenvalue weighted by molar-refractivity contribution is 7.94. The van der Waals surface area contributed by atoms with E-state index in [2.05, 4.69) is 0 Å². The molecule has 0 bridgehead atoms. The van der Waals surface area contributed by atoms with Gasteiger partial charge in [-0.2, -0.15) is 5.14 Å². The number of ether oxygens (including phenoxy) is 1. The smallest absolute Gasteiger partial charge is 0.150 e. The fourth-order valence-corrected chi connectivity index (χ4v) is 1.74. The monoisotopic (exact) mass is 134 g/mol. The van der Waals surface area contributed by atoms with Gasteiger partial charge in [-0.1, -0.05) is 0 Å². The van der Waals surface area contributed by atoms with Crippen LogP contribution in [0.25, 0.3) is 0 Å². The zero-order valence-corrected chi connectivity index (χ0v) is 5.75. The normalized spacial score (nSPS) is 31.9. The lowest BCUT2D eigenvalue weighted by Gasteiger charge is -1.91. The van der Waals surface area contributed by atoms with Crippen LogP contribution in [-0.2, 0) is 15.8 Å². The fourth-order valence-electron chi connectivity index (χ4n) is 0.716. The van der Waals surface area contributed by atoms with Gasteiger partial charge < -0.3 is 4.74 Å². The summed E-state index contributed by atoms with van der Waals surface area (Å²) in [4.78, 5) is 0. The van der Waals surface area contributed by atoms with Crippen LogP contribution in [0.1, 0.15) is 6.42 Å². The number of rotatable bonds is 0. The van der Waals surface area contributed by atoms with Gasteiger partial charge in [0.1, 0.15) is 5.75 Å².